The normalized spacial score (nSPS) is 13.2. The van der Waals surface area contributed by atoms with E-state index in [-0.39, 0.29) is 25.6 Å². The van der Waals surface area contributed by atoms with Gasteiger partial charge in [0.15, 0.2) is 0 Å². The Kier molecular flexibility index (Phi) is 10.1. The molecule has 0 saturated heterocycles. The van der Waals surface area contributed by atoms with E-state index in [1.807, 2.05) is 0 Å². The molecule has 0 aromatic heterocycles. The van der Waals surface area contributed by atoms with Crippen LogP contribution in [-0.4, -0.2) is 54.6 Å². The average Bonchev–Trinajstić information content (AvgIpc) is 2.46. The Labute approximate surface area is 165 Å². The summed E-state index contributed by atoms with van der Waals surface area (Å²) in [6.45, 7) is 11.9. The van der Waals surface area contributed by atoms with Gasteiger partial charge in [0.25, 0.3) is 0 Å². The maximum atomic E-state index is 12.0. The number of amides is 2. The highest BCUT2D eigenvalue weighted by molar-refractivity contribution is 5.92. The first-order valence-corrected chi connectivity index (χ1v) is 8.85. The standard InChI is InChI=1S/C17H32N4O7/c1-8-25-12(22)11(19-14(23)27-16(2,3)4)9-10-26-21-13(18)20-15(24)28-17(5,6)7/h11H,8-10H2,1-7H3,(H,19,23)(H3,18,20,21,24)/t11-/m0/s1. The number of carbonyl (C=O) groups excluding carboxylic acids is 3. The molecular weight excluding hydrogens is 372 g/mol. The summed E-state index contributed by atoms with van der Waals surface area (Å²) < 4.78 is 15.0. The molecule has 0 fully saturated rings. The number of guanidine groups is 1. The highest BCUT2D eigenvalue weighted by Gasteiger charge is 2.25. The lowest BCUT2D eigenvalue weighted by Gasteiger charge is -2.22. The van der Waals surface area contributed by atoms with Crippen molar-refractivity contribution >= 4 is 24.1 Å². The fourth-order valence-corrected chi connectivity index (χ4v) is 1.66. The van der Waals surface area contributed by atoms with Gasteiger partial charge in [-0.1, -0.05) is 0 Å². The minimum atomic E-state index is -0.995. The maximum Gasteiger partial charge on any atom is 0.414 e. The Morgan fingerprint density at radius 1 is 1.00 bits per heavy atom. The third-order valence-corrected chi connectivity index (χ3v) is 2.55. The fourth-order valence-electron chi connectivity index (χ4n) is 1.66. The van der Waals surface area contributed by atoms with Crippen LogP contribution in [0, 0.1) is 0 Å². The van der Waals surface area contributed by atoms with Gasteiger partial charge in [0.05, 0.1) is 6.61 Å². The van der Waals surface area contributed by atoms with Gasteiger partial charge in [-0.25, -0.2) is 14.4 Å². The summed E-state index contributed by atoms with van der Waals surface area (Å²) >= 11 is 0. The fraction of sp³-hybridized carbons (Fsp3) is 0.765. The lowest BCUT2D eigenvalue weighted by molar-refractivity contribution is -0.146. The van der Waals surface area contributed by atoms with Crippen LogP contribution in [0.3, 0.4) is 0 Å². The van der Waals surface area contributed by atoms with Gasteiger partial charge in [-0.05, 0) is 53.6 Å². The predicted molar refractivity (Wildman–Crippen MR) is 101 cm³/mol. The molecule has 11 nitrogen and oxygen atoms in total. The van der Waals surface area contributed by atoms with Crippen molar-refractivity contribution in [1.29, 1.82) is 0 Å². The predicted octanol–water partition coefficient (Wildman–Crippen LogP) is 1.60. The summed E-state index contributed by atoms with van der Waals surface area (Å²) in [5.41, 5.74) is 4.09. The van der Waals surface area contributed by atoms with Crippen LogP contribution in [0.15, 0.2) is 5.16 Å². The minimum Gasteiger partial charge on any atom is -0.464 e. The highest BCUT2D eigenvalue weighted by Crippen LogP contribution is 2.08. The zero-order valence-electron chi connectivity index (χ0n) is 17.6. The van der Waals surface area contributed by atoms with Crippen molar-refractivity contribution in [3.05, 3.63) is 0 Å². The van der Waals surface area contributed by atoms with Gasteiger partial charge in [-0.2, -0.15) is 0 Å². The lowest BCUT2D eigenvalue weighted by Crippen LogP contribution is -2.45. The molecule has 0 unspecified atom stereocenters. The summed E-state index contributed by atoms with van der Waals surface area (Å²) in [6.07, 6.45) is -1.50. The van der Waals surface area contributed by atoms with Crippen molar-refractivity contribution in [2.75, 3.05) is 13.2 Å². The first-order chi connectivity index (χ1) is 12.7. The monoisotopic (exact) mass is 404 g/mol. The van der Waals surface area contributed by atoms with Gasteiger partial charge in [0.1, 0.15) is 23.9 Å². The molecule has 11 heteroatoms. The Bertz CT molecular complexity index is 565. The zero-order valence-corrected chi connectivity index (χ0v) is 17.6. The van der Waals surface area contributed by atoms with E-state index in [9.17, 15) is 14.4 Å². The summed E-state index contributed by atoms with van der Waals surface area (Å²) in [7, 11) is 0. The lowest BCUT2D eigenvalue weighted by atomic mass is 10.2. The molecule has 28 heavy (non-hydrogen) atoms. The number of rotatable bonds is 7. The molecule has 0 aliphatic carbocycles. The van der Waals surface area contributed by atoms with Crippen LogP contribution in [0.25, 0.3) is 0 Å². The Balaban J connectivity index is 4.59. The van der Waals surface area contributed by atoms with Gasteiger partial charge in [-0.3, -0.25) is 5.32 Å². The molecule has 0 radical (unpaired) electrons. The van der Waals surface area contributed by atoms with Crippen LogP contribution in [0.1, 0.15) is 54.9 Å². The first kappa shape index (κ1) is 25.3. The summed E-state index contributed by atoms with van der Waals surface area (Å²) in [5.74, 6) is -0.956. The van der Waals surface area contributed by atoms with Gasteiger partial charge < -0.3 is 30.1 Å². The number of nitrogens with one attached hydrogen (secondary N) is 2. The van der Waals surface area contributed by atoms with Gasteiger partial charge in [0, 0.05) is 6.42 Å². The van der Waals surface area contributed by atoms with Gasteiger partial charge >= 0.3 is 18.2 Å². The van der Waals surface area contributed by atoms with E-state index in [1.165, 1.54) is 0 Å². The van der Waals surface area contributed by atoms with Crippen molar-refractivity contribution in [3.63, 3.8) is 0 Å². The van der Waals surface area contributed by atoms with Gasteiger partial charge in [0.2, 0.25) is 5.96 Å². The largest absolute Gasteiger partial charge is 0.464 e. The molecule has 0 saturated carbocycles. The van der Waals surface area contributed by atoms with Crippen LogP contribution in [-0.2, 0) is 23.8 Å². The number of nitrogens with two attached hydrogens (primary N) is 1. The van der Waals surface area contributed by atoms with E-state index in [1.54, 1.807) is 48.5 Å². The van der Waals surface area contributed by atoms with E-state index in [0.29, 0.717) is 0 Å². The van der Waals surface area contributed by atoms with Crippen molar-refractivity contribution in [2.24, 2.45) is 10.9 Å². The molecule has 2 amide bonds. The smallest absolute Gasteiger partial charge is 0.414 e. The molecule has 0 aliphatic heterocycles. The highest BCUT2D eigenvalue weighted by atomic mass is 16.6. The second kappa shape index (κ2) is 11.2. The number of hydrogen-bond donors (Lipinski definition) is 3. The van der Waals surface area contributed by atoms with Crippen molar-refractivity contribution in [2.45, 2.75) is 72.1 Å². The van der Waals surface area contributed by atoms with Gasteiger partial charge in [-0.15, -0.1) is 0 Å². The minimum absolute atomic E-state index is 0.0430. The number of esters is 1. The molecule has 0 spiro atoms. The van der Waals surface area contributed by atoms with Crippen LogP contribution >= 0.6 is 0 Å². The molecule has 0 aromatic carbocycles. The van der Waals surface area contributed by atoms with Crippen LogP contribution < -0.4 is 16.4 Å². The van der Waals surface area contributed by atoms with Crippen molar-refractivity contribution in [3.8, 4) is 0 Å². The number of ether oxygens (including phenoxy) is 3. The molecule has 162 valence electrons. The number of nitrogens with zero attached hydrogens (tertiary/aromatic N) is 1. The molecule has 0 aliphatic rings. The SMILES string of the molecule is CCOC(=O)[C@H](CCON=C(N)NC(=O)OC(C)(C)C)NC(=O)OC(C)(C)C. The van der Waals surface area contributed by atoms with E-state index >= 15 is 0 Å². The zero-order chi connectivity index (χ0) is 22.0. The Morgan fingerprint density at radius 3 is 2.04 bits per heavy atom. The van der Waals surface area contributed by atoms with E-state index in [4.69, 9.17) is 24.8 Å². The topological polar surface area (TPSA) is 151 Å². The van der Waals surface area contributed by atoms with E-state index in [0.717, 1.165) is 0 Å². The van der Waals surface area contributed by atoms with E-state index in [2.05, 4.69) is 15.8 Å². The number of carbonyl (C=O) groups is 3. The third kappa shape index (κ3) is 13.5. The molecule has 0 heterocycles. The molecule has 0 aromatic rings. The van der Waals surface area contributed by atoms with Crippen LogP contribution in [0.5, 0.6) is 0 Å². The van der Waals surface area contributed by atoms with E-state index < -0.39 is 35.4 Å². The summed E-state index contributed by atoms with van der Waals surface area (Å²) in [6, 6.07) is -0.995. The average molecular weight is 404 g/mol. The third-order valence-electron chi connectivity index (χ3n) is 2.55. The van der Waals surface area contributed by atoms with Crippen molar-refractivity contribution < 1.29 is 33.4 Å². The second-order valence-electron chi connectivity index (χ2n) is 7.68. The Hall–Kier alpha value is -2.72. The molecule has 1 atom stereocenters. The molecule has 0 bridgehead atoms. The summed E-state index contributed by atoms with van der Waals surface area (Å²) in [4.78, 5) is 40.3. The molecule has 4 N–H and O–H groups in total. The first-order valence-electron chi connectivity index (χ1n) is 8.85. The number of oxime groups is 1. The maximum absolute atomic E-state index is 12.0. The number of alkyl carbamates (subject to hydrolysis) is 2. The summed E-state index contributed by atoms with van der Waals surface area (Å²) in [5, 5.41) is 8.10. The van der Waals surface area contributed by atoms with Crippen LogP contribution in [0.4, 0.5) is 9.59 Å². The molecule has 0 rings (SSSR count). The molecular formula is C17H32N4O7. The quantitative estimate of drug-likeness (QED) is 0.145. The van der Waals surface area contributed by atoms with Crippen molar-refractivity contribution in [1.82, 2.24) is 10.6 Å². The number of hydrogen-bond acceptors (Lipinski definition) is 8. The van der Waals surface area contributed by atoms with Crippen LogP contribution in [0.2, 0.25) is 0 Å². The Morgan fingerprint density at radius 2 is 1.54 bits per heavy atom. The second-order valence-corrected chi connectivity index (χ2v) is 7.68.